The number of carbonyl (C=O) groups excluding carboxylic acids is 1. The summed E-state index contributed by atoms with van der Waals surface area (Å²) in [5, 5.41) is 23.0. The molecule has 150 valence electrons. The molecule has 1 N–H and O–H groups in total. The van der Waals surface area contributed by atoms with Gasteiger partial charge in [0.05, 0.1) is 11.5 Å². The second-order valence-corrected chi connectivity index (χ2v) is 7.60. The van der Waals surface area contributed by atoms with E-state index in [1.165, 1.54) is 23.9 Å². The van der Waals surface area contributed by atoms with Crippen molar-refractivity contribution in [2.24, 2.45) is 5.92 Å². The summed E-state index contributed by atoms with van der Waals surface area (Å²) in [6, 6.07) is 16.2. The van der Waals surface area contributed by atoms with Gasteiger partial charge in [0.15, 0.2) is 11.0 Å². The molecule has 0 unspecified atom stereocenters. The molecule has 0 spiro atoms. The zero-order valence-corrected chi connectivity index (χ0v) is 16.9. The van der Waals surface area contributed by atoms with Crippen molar-refractivity contribution >= 4 is 23.4 Å². The minimum atomic E-state index is -0.440. The van der Waals surface area contributed by atoms with E-state index < -0.39 is 4.92 Å². The van der Waals surface area contributed by atoms with Crippen molar-refractivity contribution in [1.29, 1.82) is 0 Å². The molecule has 0 radical (unpaired) electrons. The summed E-state index contributed by atoms with van der Waals surface area (Å²) in [5.41, 5.74) is 1.85. The highest BCUT2D eigenvalue weighted by Gasteiger charge is 2.17. The van der Waals surface area contributed by atoms with Crippen LogP contribution in [0.25, 0.3) is 5.69 Å². The Morgan fingerprint density at radius 3 is 2.45 bits per heavy atom. The van der Waals surface area contributed by atoms with Crippen molar-refractivity contribution in [2.75, 3.05) is 0 Å². The van der Waals surface area contributed by atoms with Crippen LogP contribution in [0.15, 0.2) is 59.8 Å². The SMILES string of the molecule is CC(C)C(=O)NCc1nnc(SCc2ccccc2)n1-c1ccc([N+](=O)[O-])cc1. The first-order valence-corrected chi connectivity index (χ1v) is 10.1. The highest BCUT2D eigenvalue weighted by atomic mass is 32.2. The number of nitro groups is 1. The monoisotopic (exact) mass is 411 g/mol. The molecule has 0 fully saturated rings. The molecule has 0 bridgehead atoms. The van der Waals surface area contributed by atoms with E-state index in [1.54, 1.807) is 12.1 Å². The number of hydrogen-bond donors (Lipinski definition) is 1. The minimum Gasteiger partial charge on any atom is -0.349 e. The number of aromatic nitrogens is 3. The predicted molar refractivity (Wildman–Crippen MR) is 111 cm³/mol. The number of thioether (sulfide) groups is 1. The van der Waals surface area contributed by atoms with Crippen molar-refractivity contribution < 1.29 is 9.72 Å². The highest BCUT2D eigenvalue weighted by molar-refractivity contribution is 7.98. The number of benzene rings is 2. The van der Waals surface area contributed by atoms with Gasteiger partial charge in [-0.15, -0.1) is 10.2 Å². The van der Waals surface area contributed by atoms with E-state index in [-0.39, 0.29) is 24.1 Å². The lowest BCUT2D eigenvalue weighted by atomic mass is 10.2. The Balaban J connectivity index is 1.88. The molecule has 29 heavy (non-hydrogen) atoms. The summed E-state index contributed by atoms with van der Waals surface area (Å²) in [4.78, 5) is 22.5. The normalized spacial score (nSPS) is 10.9. The van der Waals surface area contributed by atoms with Crippen molar-refractivity contribution in [1.82, 2.24) is 20.1 Å². The van der Waals surface area contributed by atoms with Gasteiger partial charge in [-0.3, -0.25) is 19.5 Å². The van der Waals surface area contributed by atoms with Gasteiger partial charge in [0, 0.05) is 29.5 Å². The van der Waals surface area contributed by atoms with E-state index in [2.05, 4.69) is 15.5 Å². The number of amides is 1. The van der Waals surface area contributed by atoms with Gasteiger partial charge < -0.3 is 5.32 Å². The third kappa shape index (κ3) is 5.20. The molecule has 1 aromatic heterocycles. The maximum Gasteiger partial charge on any atom is 0.269 e. The van der Waals surface area contributed by atoms with Crippen LogP contribution in [-0.4, -0.2) is 25.6 Å². The molecule has 8 nitrogen and oxygen atoms in total. The molecule has 0 saturated heterocycles. The maximum absolute atomic E-state index is 12.0. The molecule has 1 heterocycles. The molecule has 1 amide bonds. The lowest BCUT2D eigenvalue weighted by Gasteiger charge is -2.12. The number of nitro benzene ring substituents is 1. The quantitative estimate of drug-likeness (QED) is 0.344. The Hall–Kier alpha value is -3.20. The van der Waals surface area contributed by atoms with Crippen LogP contribution >= 0.6 is 11.8 Å². The smallest absolute Gasteiger partial charge is 0.269 e. The molecule has 0 aliphatic carbocycles. The largest absolute Gasteiger partial charge is 0.349 e. The lowest BCUT2D eigenvalue weighted by Crippen LogP contribution is -2.28. The third-order valence-corrected chi connectivity index (χ3v) is 5.18. The van der Waals surface area contributed by atoms with Crippen LogP contribution in [0.2, 0.25) is 0 Å². The molecule has 0 saturated carbocycles. The zero-order chi connectivity index (χ0) is 20.8. The van der Waals surface area contributed by atoms with Gasteiger partial charge in [-0.1, -0.05) is 55.9 Å². The number of nitrogens with one attached hydrogen (secondary N) is 1. The van der Waals surface area contributed by atoms with Crippen molar-refractivity contribution in [2.45, 2.75) is 31.3 Å². The Bertz CT molecular complexity index is 987. The minimum absolute atomic E-state index is 0.00923. The van der Waals surface area contributed by atoms with E-state index in [4.69, 9.17) is 0 Å². The van der Waals surface area contributed by atoms with Crippen LogP contribution < -0.4 is 5.32 Å². The van der Waals surface area contributed by atoms with Gasteiger partial charge in [-0.2, -0.15) is 0 Å². The number of hydrogen-bond acceptors (Lipinski definition) is 6. The Morgan fingerprint density at radius 1 is 1.14 bits per heavy atom. The topological polar surface area (TPSA) is 103 Å². The van der Waals surface area contributed by atoms with Gasteiger partial charge in [0.1, 0.15) is 0 Å². The first-order valence-electron chi connectivity index (χ1n) is 9.09. The van der Waals surface area contributed by atoms with Crippen molar-refractivity contribution in [3.05, 3.63) is 76.1 Å². The van der Waals surface area contributed by atoms with E-state index >= 15 is 0 Å². The fourth-order valence-corrected chi connectivity index (χ4v) is 3.51. The molecular formula is C20H21N5O3S. The first kappa shape index (κ1) is 20.5. The summed E-state index contributed by atoms with van der Waals surface area (Å²) in [5.74, 6) is 1.03. The van der Waals surface area contributed by atoms with Crippen LogP contribution in [0, 0.1) is 16.0 Å². The predicted octanol–water partition coefficient (Wildman–Crippen LogP) is 3.74. The zero-order valence-electron chi connectivity index (χ0n) is 16.1. The summed E-state index contributed by atoms with van der Waals surface area (Å²) in [7, 11) is 0. The molecule has 3 rings (SSSR count). The fourth-order valence-electron chi connectivity index (χ4n) is 2.58. The van der Waals surface area contributed by atoms with Gasteiger partial charge in [-0.05, 0) is 17.7 Å². The van der Waals surface area contributed by atoms with E-state index in [1.807, 2.05) is 48.7 Å². The number of rotatable bonds is 8. The first-order chi connectivity index (χ1) is 14.0. The average molecular weight is 411 g/mol. The molecule has 0 atom stereocenters. The maximum atomic E-state index is 12.0. The van der Waals surface area contributed by atoms with Crippen LogP contribution in [0.1, 0.15) is 25.2 Å². The molecular weight excluding hydrogens is 390 g/mol. The third-order valence-electron chi connectivity index (χ3n) is 4.17. The van der Waals surface area contributed by atoms with Crippen molar-refractivity contribution in [3.8, 4) is 5.69 Å². The van der Waals surface area contributed by atoms with Gasteiger partial charge >= 0.3 is 0 Å². The average Bonchev–Trinajstić information content (AvgIpc) is 3.14. The van der Waals surface area contributed by atoms with Crippen LogP contribution in [0.5, 0.6) is 0 Å². The second-order valence-electron chi connectivity index (χ2n) is 6.65. The van der Waals surface area contributed by atoms with E-state index in [9.17, 15) is 14.9 Å². The van der Waals surface area contributed by atoms with Crippen LogP contribution in [-0.2, 0) is 17.1 Å². The Labute approximate surface area is 172 Å². The molecule has 3 aromatic rings. The van der Waals surface area contributed by atoms with Gasteiger partial charge in [0.25, 0.3) is 5.69 Å². The second kappa shape index (κ2) is 9.33. The molecule has 0 aliphatic heterocycles. The number of carbonyl (C=O) groups is 1. The van der Waals surface area contributed by atoms with E-state index in [0.29, 0.717) is 22.4 Å². The van der Waals surface area contributed by atoms with Crippen molar-refractivity contribution in [3.63, 3.8) is 0 Å². The van der Waals surface area contributed by atoms with Gasteiger partial charge in [-0.25, -0.2) is 0 Å². The number of nitrogens with zero attached hydrogens (tertiary/aromatic N) is 4. The fraction of sp³-hybridized carbons (Fsp3) is 0.250. The summed E-state index contributed by atoms with van der Waals surface area (Å²) in [6.07, 6.45) is 0. The summed E-state index contributed by atoms with van der Waals surface area (Å²) in [6.45, 7) is 3.85. The molecule has 0 aliphatic rings. The standard InChI is InChI=1S/C20H21N5O3S/c1-14(2)19(26)21-12-18-22-23-20(29-13-15-6-4-3-5-7-15)24(18)16-8-10-17(11-9-16)25(27)28/h3-11,14H,12-13H2,1-2H3,(H,21,26). The number of non-ortho nitro benzene ring substituents is 1. The van der Waals surface area contributed by atoms with E-state index in [0.717, 1.165) is 5.56 Å². The summed E-state index contributed by atoms with van der Waals surface area (Å²) < 4.78 is 1.82. The summed E-state index contributed by atoms with van der Waals surface area (Å²) >= 11 is 1.51. The lowest BCUT2D eigenvalue weighted by molar-refractivity contribution is -0.384. The highest BCUT2D eigenvalue weighted by Crippen LogP contribution is 2.26. The Morgan fingerprint density at radius 2 is 1.83 bits per heavy atom. The molecule has 9 heteroatoms. The Kier molecular flexibility index (Phi) is 6.61. The van der Waals surface area contributed by atoms with Crippen LogP contribution in [0.4, 0.5) is 5.69 Å². The van der Waals surface area contributed by atoms with Gasteiger partial charge in [0.2, 0.25) is 5.91 Å². The molecule has 2 aromatic carbocycles. The van der Waals surface area contributed by atoms with Crippen LogP contribution in [0.3, 0.4) is 0 Å².